The van der Waals surface area contributed by atoms with Crippen LogP contribution in [0.1, 0.15) is 59.3 Å². The van der Waals surface area contributed by atoms with Gasteiger partial charge in [-0.1, -0.05) is 29.9 Å². The molecule has 0 aromatic rings. The van der Waals surface area contributed by atoms with Gasteiger partial charge >= 0.3 is 11.9 Å². The number of carbonyl (C=O) groups is 2. The van der Waals surface area contributed by atoms with E-state index in [4.69, 9.17) is 23.4 Å². The topological polar surface area (TPSA) is 80.3 Å². The first-order valence-corrected chi connectivity index (χ1v) is 16.5. The van der Waals surface area contributed by atoms with Gasteiger partial charge in [0, 0.05) is 25.0 Å². The van der Waals surface area contributed by atoms with E-state index in [9.17, 15) is 9.59 Å². The van der Waals surface area contributed by atoms with Crippen LogP contribution in [-0.2, 0) is 33.0 Å². The normalized spacial score (nSPS) is 32.6. The molecule has 0 spiro atoms. The molecule has 0 aromatic heterocycles. The summed E-state index contributed by atoms with van der Waals surface area (Å²) in [5, 5.41) is 0. The van der Waals surface area contributed by atoms with Gasteiger partial charge in [-0.2, -0.15) is 0 Å². The monoisotopic (exact) mass is 520 g/mol. The molecule has 4 atom stereocenters. The van der Waals surface area contributed by atoms with Crippen molar-refractivity contribution in [3.05, 3.63) is 35.5 Å². The number of allylic oxidation sites excluding steroid dienone is 4. The third-order valence-electron chi connectivity index (χ3n) is 7.90. The third kappa shape index (κ3) is 5.87. The van der Waals surface area contributed by atoms with Gasteiger partial charge in [0.05, 0.1) is 24.2 Å². The zero-order valence-electron chi connectivity index (χ0n) is 23.1. The van der Waals surface area contributed by atoms with E-state index in [1.807, 2.05) is 12.2 Å². The summed E-state index contributed by atoms with van der Waals surface area (Å²) in [6.45, 7) is 13.3. The summed E-state index contributed by atoms with van der Waals surface area (Å²) in [7, 11) is -0.375. The second-order valence-corrected chi connectivity index (χ2v) is 16.1. The van der Waals surface area contributed by atoms with Crippen LogP contribution in [0, 0.1) is 11.3 Å². The minimum Gasteiger partial charge on any atom is -0.458 e. The fourth-order valence-corrected chi connectivity index (χ4v) is 7.70. The van der Waals surface area contributed by atoms with Gasteiger partial charge in [-0.3, -0.25) is 4.79 Å². The molecule has 3 rings (SSSR count). The third-order valence-corrected chi connectivity index (χ3v) is 8.87. The molecule has 0 amide bonds. The predicted octanol–water partition coefficient (Wildman–Crippen LogP) is 5.48. The van der Waals surface area contributed by atoms with Crippen molar-refractivity contribution in [3.8, 4) is 0 Å². The van der Waals surface area contributed by atoms with Crippen LogP contribution in [0.5, 0.6) is 0 Å². The van der Waals surface area contributed by atoms with Crippen LogP contribution in [0.2, 0.25) is 19.6 Å². The summed E-state index contributed by atoms with van der Waals surface area (Å²) in [5.41, 5.74) is 0.0419. The van der Waals surface area contributed by atoms with Crippen molar-refractivity contribution >= 4 is 20.3 Å². The molecule has 1 heterocycles. The van der Waals surface area contributed by atoms with Gasteiger partial charge < -0.3 is 23.4 Å². The summed E-state index contributed by atoms with van der Waals surface area (Å²) in [4.78, 5) is 25.9. The van der Waals surface area contributed by atoms with E-state index in [1.165, 1.54) is 5.57 Å². The average molecular weight is 521 g/mol. The number of esters is 2. The van der Waals surface area contributed by atoms with Gasteiger partial charge in [0.15, 0.2) is 15.1 Å². The summed E-state index contributed by atoms with van der Waals surface area (Å²) in [5.74, 6) is -0.422. The maximum atomic E-state index is 13.7. The second kappa shape index (κ2) is 11.3. The van der Waals surface area contributed by atoms with Gasteiger partial charge in [0.1, 0.15) is 5.60 Å². The highest BCUT2D eigenvalue weighted by Gasteiger charge is 2.73. The maximum Gasteiger partial charge on any atom is 0.335 e. The molecule has 0 aromatic carbocycles. The van der Waals surface area contributed by atoms with Gasteiger partial charge in [0.2, 0.25) is 0 Å². The van der Waals surface area contributed by atoms with Crippen molar-refractivity contribution in [1.82, 2.24) is 0 Å². The minimum atomic E-state index is -1.96. The van der Waals surface area contributed by atoms with Gasteiger partial charge in [-0.25, -0.2) is 4.79 Å². The Hall–Kier alpha value is -1.74. The van der Waals surface area contributed by atoms with Crippen molar-refractivity contribution in [3.63, 3.8) is 0 Å². The number of hydrogen-bond donors (Lipinski definition) is 0. The largest absolute Gasteiger partial charge is 0.458 e. The van der Waals surface area contributed by atoms with E-state index in [0.717, 1.165) is 25.7 Å². The van der Waals surface area contributed by atoms with E-state index in [-0.39, 0.29) is 18.7 Å². The highest BCUT2D eigenvalue weighted by molar-refractivity contribution is 6.69. The number of hydrogen-bond acceptors (Lipinski definition) is 7. The lowest BCUT2D eigenvalue weighted by Crippen LogP contribution is -2.67. The van der Waals surface area contributed by atoms with E-state index in [0.29, 0.717) is 31.6 Å². The first-order valence-electron chi connectivity index (χ1n) is 13.1. The summed E-state index contributed by atoms with van der Waals surface area (Å²) >= 11 is 0. The maximum absolute atomic E-state index is 13.7. The molecular formula is C28H44O7Si. The zero-order chi connectivity index (χ0) is 26.6. The lowest BCUT2D eigenvalue weighted by molar-refractivity contribution is -0.228. The van der Waals surface area contributed by atoms with Crippen molar-refractivity contribution < 1.29 is 33.0 Å². The number of carbonyl (C=O) groups excluding carboxylic acids is 2. The fraction of sp³-hybridized carbons (Fsp3) is 0.714. The zero-order valence-corrected chi connectivity index (χ0v) is 24.1. The van der Waals surface area contributed by atoms with Crippen LogP contribution in [0.4, 0.5) is 0 Å². The van der Waals surface area contributed by atoms with Crippen LogP contribution in [0.3, 0.4) is 0 Å². The molecule has 7 nitrogen and oxygen atoms in total. The van der Waals surface area contributed by atoms with Crippen molar-refractivity contribution in [2.45, 2.75) is 90.1 Å². The molecule has 36 heavy (non-hydrogen) atoms. The fourth-order valence-electron chi connectivity index (χ4n) is 6.17. The van der Waals surface area contributed by atoms with E-state index < -0.39 is 30.9 Å². The Kier molecular flexibility index (Phi) is 9.07. The quantitative estimate of drug-likeness (QED) is 0.0679. The number of methoxy groups -OCH3 is 1. The molecule has 0 unspecified atom stereocenters. The van der Waals surface area contributed by atoms with E-state index in [2.05, 4.69) is 39.6 Å². The lowest BCUT2D eigenvalue weighted by Gasteiger charge is -2.57. The molecule has 2 fully saturated rings. The molecule has 202 valence electrons. The van der Waals surface area contributed by atoms with Crippen LogP contribution >= 0.6 is 0 Å². The van der Waals surface area contributed by atoms with Crippen LogP contribution in [0.25, 0.3) is 0 Å². The SMILES string of the molecule is COCCOCOC(=O)/C(C)=C/C=C/C[C@@]1(C)OC(=O)[C@]23CC=C(C)CC[C@]2(O[Si](C)(C)C)[C@H]1CC3. The van der Waals surface area contributed by atoms with Crippen LogP contribution in [0.15, 0.2) is 35.5 Å². The molecule has 1 saturated carbocycles. The highest BCUT2D eigenvalue weighted by Crippen LogP contribution is 2.66. The Morgan fingerprint density at radius 3 is 2.69 bits per heavy atom. The van der Waals surface area contributed by atoms with Gasteiger partial charge in [0.25, 0.3) is 0 Å². The standard InChI is InChI=1S/C28H44O7Si/c1-21-11-15-27-16-13-23(28(27,17-12-21)35-36(5,6)7)26(3,34-25(27)30)14-9-8-10-22(2)24(29)33-20-32-19-18-31-4/h8-11,23H,12-20H2,1-7H3/b9-8+,22-10+/t23-,26+,27+,28-/m0/s1. The molecule has 3 aliphatic rings. The van der Waals surface area contributed by atoms with Crippen molar-refractivity contribution in [2.24, 2.45) is 11.3 Å². The molecule has 8 heteroatoms. The summed E-state index contributed by atoms with van der Waals surface area (Å²) in [6.07, 6.45) is 12.5. The smallest absolute Gasteiger partial charge is 0.335 e. The Morgan fingerprint density at radius 1 is 1.25 bits per heavy atom. The van der Waals surface area contributed by atoms with E-state index in [1.54, 1.807) is 20.1 Å². The molecule has 2 aliphatic carbocycles. The molecular weight excluding hydrogens is 476 g/mol. The van der Waals surface area contributed by atoms with Gasteiger partial charge in [-0.05, 0) is 72.5 Å². The Labute approximate surface area is 217 Å². The highest BCUT2D eigenvalue weighted by atomic mass is 28.4. The minimum absolute atomic E-state index is 0.109. The lowest BCUT2D eigenvalue weighted by atomic mass is 9.62. The first-order chi connectivity index (χ1) is 16.9. The Balaban J connectivity index is 1.75. The number of cyclic esters (lactones) is 1. The van der Waals surface area contributed by atoms with Crippen LogP contribution in [-0.4, -0.2) is 58.6 Å². The van der Waals surface area contributed by atoms with E-state index >= 15 is 0 Å². The summed E-state index contributed by atoms with van der Waals surface area (Å²) in [6, 6.07) is 0. The average Bonchev–Trinajstić information content (AvgIpc) is 2.97. The Morgan fingerprint density at radius 2 is 2.00 bits per heavy atom. The molecule has 0 radical (unpaired) electrons. The van der Waals surface area contributed by atoms with Gasteiger partial charge in [-0.15, -0.1) is 0 Å². The predicted molar refractivity (Wildman–Crippen MR) is 141 cm³/mol. The first kappa shape index (κ1) is 28.8. The Bertz CT molecular complexity index is 917. The molecule has 1 aliphatic heterocycles. The van der Waals surface area contributed by atoms with Crippen molar-refractivity contribution in [1.29, 1.82) is 0 Å². The second-order valence-electron chi connectivity index (χ2n) is 11.7. The molecule has 2 bridgehead atoms. The summed E-state index contributed by atoms with van der Waals surface area (Å²) < 4.78 is 28.5. The number of ether oxygens (including phenoxy) is 4. The van der Waals surface area contributed by atoms with Crippen LogP contribution < -0.4 is 0 Å². The molecule has 0 N–H and O–H groups in total. The molecule has 1 saturated heterocycles. The number of rotatable bonds is 11. The van der Waals surface area contributed by atoms with Crippen molar-refractivity contribution in [2.75, 3.05) is 27.1 Å².